The van der Waals surface area contributed by atoms with Crippen LogP contribution in [0, 0.1) is 0 Å². The molecule has 0 radical (unpaired) electrons. The van der Waals surface area contributed by atoms with Crippen molar-refractivity contribution in [3.05, 3.63) is 5.51 Å². The lowest BCUT2D eigenvalue weighted by atomic mass is 10.5. The van der Waals surface area contributed by atoms with Gasteiger partial charge in [-0.15, -0.1) is 10.2 Å². The molecular weight excluding hydrogens is 192 g/mol. The van der Waals surface area contributed by atoms with Crippen molar-refractivity contribution in [2.45, 2.75) is 24.3 Å². The van der Waals surface area contributed by atoms with E-state index in [4.69, 9.17) is 4.74 Å². The molecule has 3 nitrogen and oxygen atoms in total. The summed E-state index contributed by atoms with van der Waals surface area (Å²) >= 11 is 3.26. The second-order valence-corrected chi connectivity index (χ2v) is 4.65. The van der Waals surface area contributed by atoms with Crippen LogP contribution in [0.3, 0.4) is 0 Å². The molecule has 1 rings (SSSR count). The molecule has 68 valence electrons. The minimum atomic E-state index is 0.319. The first kappa shape index (κ1) is 9.95. The van der Waals surface area contributed by atoms with Gasteiger partial charge < -0.3 is 4.74 Å². The van der Waals surface area contributed by atoms with Crippen LogP contribution >= 0.6 is 23.1 Å². The van der Waals surface area contributed by atoms with E-state index in [1.165, 1.54) is 0 Å². The lowest BCUT2D eigenvalue weighted by Gasteiger charge is -2.04. The number of hydrogen-bond donors (Lipinski definition) is 0. The fourth-order valence-electron chi connectivity index (χ4n) is 0.639. The Balaban J connectivity index is 2.04. The summed E-state index contributed by atoms with van der Waals surface area (Å²) in [5.41, 5.74) is 1.74. The predicted molar refractivity (Wildman–Crippen MR) is 51.7 cm³/mol. The van der Waals surface area contributed by atoms with Crippen LogP contribution in [0.25, 0.3) is 0 Å². The Hall–Kier alpha value is -0.130. The molecule has 12 heavy (non-hydrogen) atoms. The highest BCUT2D eigenvalue weighted by Crippen LogP contribution is 2.18. The van der Waals surface area contributed by atoms with Crippen molar-refractivity contribution in [1.82, 2.24) is 10.2 Å². The lowest BCUT2D eigenvalue weighted by Crippen LogP contribution is -2.05. The quantitative estimate of drug-likeness (QED) is 0.543. The maximum atomic E-state index is 5.38. The van der Waals surface area contributed by atoms with E-state index < -0.39 is 0 Å². The first-order valence-electron chi connectivity index (χ1n) is 3.79. The predicted octanol–water partition coefficient (Wildman–Crippen LogP) is 2.06. The third kappa shape index (κ3) is 4.04. The van der Waals surface area contributed by atoms with Crippen LogP contribution in [0.15, 0.2) is 9.85 Å². The molecule has 0 atom stereocenters. The molecule has 1 aromatic heterocycles. The normalized spacial score (nSPS) is 10.9. The van der Waals surface area contributed by atoms with Crippen LogP contribution in [-0.4, -0.2) is 28.7 Å². The Morgan fingerprint density at radius 1 is 1.67 bits per heavy atom. The van der Waals surface area contributed by atoms with Gasteiger partial charge in [0.2, 0.25) is 0 Å². The van der Waals surface area contributed by atoms with Gasteiger partial charge in [0.25, 0.3) is 0 Å². The fourth-order valence-corrected chi connectivity index (χ4v) is 2.03. The molecule has 0 bridgehead atoms. The average Bonchev–Trinajstić information content (AvgIpc) is 2.49. The van der Waals surface area contributed by atoms with Gasteiger partial charge in [-0.2, -0.15) is 0 Å². The van der Waals surface area contributed by atoms with Crippen molar-refractivity contribution in [2.75, 3.05) is 12.4 Å². The van der Waals surface area contributed by atoms with Crippen LogP contribution in [-0.2, 0) is 4.74 Å². The molecule has 0 saturated heterocycles. The highest BCUT2D eigenvalue weighted by atomic mass is 32.2. The SMILES string of the molecule is CC(C)OCCSc1nncs1. The topological polar surface area (TPSA) is 35.0 Å². The Bertz CT molecular complexity index is 201. The third-order valence-corrected chi connectivity index (χ3v) is 2.92. The van der Waals surface area contributed by atoms with E-state index in [0.717, 1.165) is 16.7 Å². The third-order valence-electron chi connectivity index (χ3n) is 1.10. The van der Waals surface area contributed by atoms with E-state index in [-0.39, 0.29) is 0 Å². The first-order chi connectivity index (χ1) is 5.79. The summed E-state index contributed by atoms with van der Waals surface area (Å²) in [4.78, 5) is 0. The van der Waals surface area contributed by atoms with Crippen LogP contribution in [0.1, 0.15) is 13.8 Å². The number of ether oxygens (including phenoxy) is 1. The van der Waals surface area contributed by atoms with Gasteiger partial charge in [-0.3, -0.25) is 0 Å². The Morgan fingerprint density at radius 3 is 3.08 bits per heavy atom. The van der Waals surface area contributed by atoms with Crippen molar-refractivity contribution >= 4 is 23.1 Å². The van der Waals surface area contributed by atoms with Gasteiger partial charge in [0.05, 0.1) is 12.7 Å². The van der Waals surface area contributed by atoms with Gasteiger partial charge in [0.1, 0.15) is 5.51 Å². The molecule has 0 spiro atoms. The summed E-state index contributed by atoms with van der Waals surface area (Å²) in [6.07, 6.45) is 0.319. The van der Waals surface area contributed by atoms with Gasteiger partial charge in [-0.1, -0.05) is 23.1 Å². The largest absolute Gasteiger partial charge is 0.378 e. The van der Waals surface area contributed by atoms with E-state index in [2.05, 4.69) is 10.2 Å². The molecule has 0 aliphatic rings. The average molecular weight is 204 g/mol. The minimum Gasteiger partial charge on any atom is -0.378 e. The van der Waals surface area contributed by atoms with Crippen LogP contribution in [0.2, 0.25) is 0 Å². The summed E-state index contributed by atoms with van der Waals surface area (Å²) in [7, 11) is 0. The highest BCUT2D eigenvalue weighted by Gasteiger charge is 1.97. The van der Waals surface area contributed by atoms with Gasteiger partial charge in [-0.25, -0.2) is 0 Å². The van der Waals surface area contributed by atoms with Crippen molar-refractivity contribution in [3.8, 4) is 0 Å². The van der Waals surface area contributed by atoms with E-state index >= 15 is 0 Å². The number of hydrogen-bond acceptors (Lipinski definition) is 5. The summed E-state index contributed by atoms with van der Waals surface area (Å²) in [5.74, 6) is 0.952. The Morgan fingerprint density at radius 2 is 2.50 bits per heavy atom. The lowest BCUT2D eigenvalue weighted by molar-refractivity contribution is 0.0920. The molecule has 0 aliphatic heterocycles. The van der Waals surface area contributed by atoms with Crippen molar-refractivity contribution in [3.63, 3.8) is 0 Å². The molecule has 5 heteroatoms. The molecule has 0 amide bonds. The number of thioether (sulfide) groups is 1. The molecule has 1 aromatic rings. The van der Waals surface area contributed by atoms with E-state index in [0.29, 0.717) is 6.10 Å². The van der Waals surface area contributed by atoms with Crippen LogP contribution in [0.5, 0.6) is 0 Å². The van der Waals surface area contributed by atoms with Gasteiger partial charge in [0, 0.05) is 5.75 Å². The van der Waals surface area contributed by atoms with Crippen LogP contribution < -0.4 is 0 Å². The molecular formula is C7H12N2OS2. The molecule has 1 heterocycles. The maximum absolute atomic E-state index is 5.38. The molecule has 0 unspecified atom stereocenters. The highest BCUT2D eigenvalue weighted by molar-refractivity contribution is 8.01. The zero-order valence-electron chi connectivity index (χ0n) is 7.19. The van der Waals surface area contributed by atoms with Crippen molar-refractivity contribution < 1.29 is 4.74 Å². The molecule has 0 aromatic carbocycles. The Labute approximate surface area is 80.5 Å². The zero-order valence-corrected chi connectivity index (χ0v) is 8.82. The molecule has 0 N–H and O–H groups in total. The molecule has 0 saturated carbocycles. The van der Waals surface area contributed by atoms with E-state index in [1.54, 1.807) is 28.6 Å². The zero-order chi connectivity index (χ0) is 8.81. The summed E-state index contributed by atoms with van der Waals surface area (Å²) < 4.78 is 6.39. The number of nitrogens with zero attached hydrogens (tertiary/aromatic N) is 2. The smallest absolute Gasteiger partial charge is 0.174 e. The van der Waals surface area contributed by atoms with Gasteiger partial charge >= 0.3 is 0 Å². The van der Waals surface area contributed by atoms with E-state index in [1.807, 2.05) is 13.8 Å². The maximum Gasteiger partial charge on any atom is 0.174 e. The number of aromatic nitrogens is 2. The first-order valence-corrected chi connectivity index (χ1v) is 5.66. The van der Waals surface area contributed by atoms with E-state index in [9.17, 15) is 0 Å². The summed E-state index contributed by atoms with van der Waals surface area (Å²) in [5, 5.41) is 7.65. The second-order valence-electron chi connectivity index (χ2n) is 2.47. The van der Waals surface area contributed by atoms with Gasteiger partial charge in [0.15, 0.2) is 4.34 Å². The van der Waals surface area contributed by atoms with Gasteiger partial charge in [-0.05, 0) is 13.8 Å². The Kier molecular flexibility index (Phi) is 4.57. The molecule has 0 fully saturated rings. The summed E-state index contributed by atoms with van der Waals surface area (Å²) in [6.45, 7) is 4.85. The monoisotopic (exact) mass is 204 g/mol. The van der Waals surface area contributed by atoms with Crippen molar-refractivity contribution in [2.24, 2.45) is 0 Å². The fraction of sp³-hybridized carbons (Fsp3) is 0.714. The summed E-state index contributed by atoms with van der Waals surface area (Å²) in [6, 6.07) is 0. The second kappa shape index (κ2) is 5.50. The standard InChI is InChI=1S/C7H12N2OS2/c1-6(2)10-3-4-11-7-9-8-5-12-7/h5-6H,3-4H2,1-2H3. The number of rotatable bonds is 5. The minimum absolute atomic E-state index is 0.319. The van der Waals surface area contributed by atoms with Crippen molar-refractivity contribution in [1.29, 1.82) is 0 Å². The molecule has 0 aliphatic carbocycles. The van der Waals surface area contributed by atoms with Crippen LogP contribution in [0.4, 0.5) is 0 Å².